The summed E-state index contributed by atoms with van der Waals surface area (Å²) in [5.74, 6) is 0. The van der Waals surface area contributed by atoms with E-state index in [1.54, 1.807) is 0 Å². The Balaban J connectivity index is 2.17. The maximum absolute atomic E-state index is 6.14. The molecule has 80 valence electrons. The fraction of sp³-hybridized carbons (Fsp3) is 0.571. The summed E-state index contributed by atoms with van der Waals surface area (Å²) in [5, 5.41) is 0. The SMILES string of the molecule is CC1(C)CCC2(CC2N)c2ccccc21. The van der Waals surface area contributed by atoms with Crippen molar-refractivity contribution in [2.75, 3.05) is 0 Å². The van der Waals surface area contributed by atoms with E-state index in [4.69, 9.17) is 5.73 Å². The molecule has 2 unspecified atom stereocenters. The van der Waals surface area contributed by atoms with Gasteiger partial charge in [0.2, 0.25) is 0 Å². The van der Waals surface area contributed by atoms with Crippen LogP contribution >= 0.6 is 0 Å². The lowest BCUT2D eigenvalue weighted by molar-refractivity contribution is 0.377. The van der Waals surface area contributed by atoms with E-state index < -0.39 is 0 Å². The topological polar surface area (TPSA) is 26.0 Å². The second kappa shape index (κ2) is 2.65. The molecule has 0 bridgehead atoms. The smallest absolute Gasteiger partial charge is 0.0146 e. The Morgan fingerprint density at radius 3 is 2.33 bits per heavy atom. The van der Waals surface area contributed by atoms with Gasteiger partial charge in [-0.1, -0.05) is 38.1 Å². The maximum Gasteiger partial charge on any atom is 0.0146 e. The van der Waals surface area contributed by atoms with Crippen LogP contribution in [0.15, 0.2) is 24.3 Å². The zero-order chi connectivity index (χ0) is 10.7. The quantitative estimate of drug-likeness (QED) is 0.686. The molecule has 1 spiro atoms. The van der Waals surface area contributed by atoms with Crippen molar-refractivity contribution in [3.63, 3.8) is 0 Å². The van der Waals surface area contributed by atoms with Crippen LogP contribution in [-0.2, 0) is 10.8 Å². The molecule has 2 aliphatic rings. The average Bonchev–Trinajstić information content (AvgIpc) is 2.87. The summed E-state index contributed by atoms with van der Waals surface area (Å²) in [4.78, 5) is 0. The molecule has 0 aromatic heterocycles. The molecule has 1 aromatic rings. The lowest BCUT2D eigenvalue weighted by Gasteiger charge is -2.37. The van der Waals surface area contributed by atoms with Crippen LogP contribution in [0.3, 0.4) is 0 Å². The van der Waals surface area contributed by atoms with E-state index in [2.05, 4.69) is 38.1 Å². The Hall–Kier alpha value is -0.820. The van der Waals surface area contributed by atoms with Crippen LogP contribution in [-0.4, -0.2) is 6.04 Å². The standard InChI is InChI=1S/C14H19N/c1-13(2)7-8-14(9-12(14)15)11-6-4-3-5-10(11)13/h3-6,12H,7-9,15H2,1-2H3. The van der Waals surface area contributed by atoms with Gasteiger partial charge in [-0.15, -0.1) is 0 Å². The third-order valence-electron chi connectivity index (χ3n) is 4.52. The molecule has 1 heteroatoms. The Labute approximate surface area is 91.7 Å². The first-order chi connectivity index (χ1) is 7.06. The van der Waals surface area contributed by atoms with Gasteiger partial charge >= 0.3 is 0 Å². The third kappa shape index (κ3) is 1.13. The zero-order valence-electron chi connectivity index (χ0n) is 9.59. The van der Waals surface area contributed by atoms with E-state index in [-0.39, 0.29) is 0 Å². The summed E-state index contributed by atoms with van der Waals surface area (Å²) in [5.41, 5.74) is 9.89. The normalized spacial score (nSPS) is 36.3. The first kappa shape index (κ1) is 9.41. The molecular formula is C14H19N. The number of fused-ring (bicyclic) bond motifs is 2. The summed E-state index contributed by atoms with van der Waals surface area (Å²) in [6.07, 6.45) is 3.75. The van der Waals surface area contributed by atoms with E-state index in [0.29, 0.717) is 16.9 Å². The summed E-state index contributed by atoms with van der Waals surface area (Å²) in [7, 11) is 0. The fourth-order valence-electron chi connectivity index (χ4n) is 3.24. The maximum atomic E-state index is 6.14. The van der Waals surface area contributed by atoms with Gasteiger partial charge in [0.1, 0.15) is 0 Å². The first-order valence-electron chi connectivity index (χ1n) is 5.92. The number of hydrogen-bond donors (Lipinski definition) is 1. The van der Waals surface area contributed by atoms with Crippen molar-refractivity contribution in [3.8, 4) is 0 Å². The summed E-state index contributed by atoms with van der Waals surface area (Å²) in [6, 6.07) is 9.32. The summed E-state index contributed by atoms with van der Waals surface area (Å²) in [6.45, 7) is 4.71. The van der Waals surface area contributed by atoms with E-state index in [1.807, 2.05) is 0 Å². The van der Waals surface area contributed by atoms with Gasteiger partial charge in [-0.2, -0.15) is 0 Å². The molecule has 15 heavy (non-hydrogen) atoms. The average molecular weight is 201 g/mol. The summed E-state index contributed by atoms with van der Waals surface area (Å²) >= 11 is 0. The Kier molecular flexibility index (Phi) is 1.66. The Bertz CT molecular complexity index is 408. The number of rotatable bonds is 0. The highest BCUT2D eigenvalue weighted by atomic mass is 14.8. The van der Waals surface area contributed by atoms with Crippen LogP contribution in [0.1, 0.15) is 44.2 Å². The third-order valence-corrected chi connectivity index (χ3v) is 4.52. The van der Waals surface area contributed by atoms with Gasteiger partial charge in [-0.25, -0.2) is 0 Å². The predicted molar refractivity (Wildman–Crippen MR) is 63.0 cm³/mol. The zero-order valence-corrected chi connectivity index (χ0v) is 9.59. The van der Waals surface area contributed by atoms with Crippen molar-refractivity contribution in [3.05, 3.63) is 35.4 Å². The highest BCUT2D eigenvalue weighted by Crippen LogP contribution is 2.57. The Morgan fingerprint density at radius 2 is 1.73 bits per heavy atom. The van der Waals surface area contributed by atoms with Gasteiger partial charge in [0.05, 0.1) is 0 Å². The van der Waals surface area contributed by atoms with E-state index >= 15 is 0 Å². The van der Waals surface area contributed by atoms with Crippen LogP contribution in [0, 0.1) is 0 Å². The van der Waals surface area contributed by atoms with Gasteiger partial charge in [0.15, 0.2) is 0 Å². The van der Waals surface area contributed by atoms with Crippen LogP contribution in [0.5, 0.6) is 0 Å². The molecule has 1 nitrogen and oxygen atoms in total. The number of nitrogens with two attached hydrogens (primary N) is 1. The lowest BCUT2D eigenvalue weighted by atomic mass is 9.67. The van der Waals surface area contributed by atoms with Crippen molar-refractivity contribution in [2.45, 2.75) is 50.0 Å². The largest absolute Gasteiger partial charge is 0.327 e. The second-order valence-corrected chi connectivity index (χ2v) is 5.90. The molecule has 0 saturated heterocycles. The van der Waals surface area contributed by atoms with Crippen LogP contribution in [0.4, 0.5) is 0 Å². The van der Waals surface area contributed by atoms with Crippen molar-refractivity contribution in [2.24, 2.45) is 5.73 Å². The van der Waals surface area contributed by atoms with Crippen molar-refractivity contribution in [1.82, 2.24) is 0 Å². The highest BCUT2D eigenvalue weighted by molar-refractivity contribution is 5.47. The highest BCUT2D eigenvalue weighted by Gasteiger charge is 2.56. The molecule has 0 heterocycles. The van der Waals surface area contributed by atoms with E-state index in [0.717, 1.165) is 0 Å². The minimum Gasteiger partial charge on any atom is -0.327 e. The van der Waals surface area contributed by atoms with Crippen LogP contribution < -0.4 is 5.73 Å². The molecule has 1 aromatic carbocycles. The molecule has 2 atom stereocenters. The molecular weight excluding hydrogens is 182 g/mol. The molecule has 1 fully saturated rings. The van der Waals surface area contributed by atoms with Crippen molar-refractivity contribution >= 4 is 0 Å². The molecule has 2 N–H and O–H groups in total. The Morgan fingerprint density at radius 1 is 1.13 bits per heavy atom. The monoisotopic (exact) mass is 201 g/mol. The van der Waals surface area contributed by atoms with Gasteiger partial charge in [0.25, 0.3) is 0 Å². The summed E-state index contributed by atoms with van der Waals surface area (Å²) < 4.78 is 0. The number of hydrogen-bond acceptors (Lipinski definition) is 1. The molecule has 0 aliphatic heterocycles. The minimum absolute atomic E-state index is 0.337. The van der Waals surface area contributed by atoms with Gasteiger partial charge < -0.3 is 5.73 Å². The van der Waals surface area contributed by atoms with E-state index in [1.165, 1.54) is 30.4 Å². The van der Waals surface area contributed by atoms with Gasteiger partial charge in [-0.3, -0.25) is 0 Å². The predicted octanol–water partition coefficient (Wildman–Crippen LogP) is 2.73. The van der Waals surface area contributed by atoms with Crippen molar-refractivity contribution in [1.29, 1.82) is 0 Å². The van der Waals surface area contributed by atoms with E-state index in [9.17, 15) is 0 Å². The second-order valence-electron chi connectivity index (χ2n) is 5.90. The first-order valence-corrected chi connectivity index (χ1v) is 5.92. The fourth-order valence-corrected chi connectivity index (χ4v) is 3.24. The van der Waals surface area contributed by atoms with Gasteiger partial charge in [0, 0.05) is 11.5 Å². The molecule has 3 rings (SSSR count). The lowest BCUT2D eigenvalue weighted by Crippen LogP contribution is -2.32. The minimum atomic E-state index is 0.337. The molecule has 2 aliphatic carbocycles. The molecule has 1 saturated carbocycles. The van der Waals surface area contributed by atoms with Crippen LogP contribution in [0.2, 0.25) is 0 Å². The van der Waals surface area contributed by atoms with Crippen LogP contribution in [0.25, 0.3) is 0 Å². The molecule has 0 radical (unpaired) electrons. The molecule has 0 amide bonds. The van der Waals surface area contributed by atoms with Crippen molar-refractivity contribution < 1.29 is 0 Å². The van der Waals surface area contributed by atoms with Gasteiger partial charge in [-0.05, 0) is 35.8 Å². The number of benzene rings is 1.